The maximum atomic E-state index is 12.9. The van der Waals surface area contributed by atoms with E-state index in [1.807, 2.05) is 0 Å². The first-order valence-electron chi connectivity index (χ1n) is 4.90. The molecule has 16 heavy (non-hydrogen) atoms. The minimum Gasteiger partial charge on any atom is -0.496 e. The van der Waals surface area contributed by atoms with Gasteiger partial charge in [0.15, 0.2) is 0 Å². The van der Waals surface area contributed by atoms with Crippen LogP contribution < -0.4 is 4.74 Å². The molecule has 0 amide bonds. The molecule has 1 rings (SSSR count). The van der Waals surface area contributed by atoms with Crippen molar-refractivity contribution in [3.8, 4) is 5.75 Å². The lowest BCUT2D eigenvalue weighted by Crippen LogP contribution is -2.19. The van der Waals surface area contributed by atoms with Gasteiger partial charge in [-0.15, -0.1) is 0 Å². The van der Waals surface area contributed by atoms with E-state index < -0.39 is 18.0 Å². The Hall–Kier alpha value is -0.780. The molecule has 0 saturated carbocycles. The maximum Gasteiger partial charge on any atom is 0.127 e. The van der Waals surface area contributed by atoms with Crippen molar-refractivity contribution >= 4 is 12.6 Å². The lowest BCUT2D eigenvalue weighted by molar-refractivity contribution is 0.0158. The zero-order valence-electron chi connectivity index (χ0n) is 8.93. The highest BCUT2D eigenvalue weighted by atomic mass is 32.1. The largest absolute Gasteiger partial charge is 0.496 e. The molecule has 0 heterocycles. The van der Waals surface area contributed by atoms with Crippen LogP contribution in [0.1, 0.15) is 18.1 Å². The van der Waals surface area contributed by atoms with Gasteiger partial charge in [0.2, 0.25) is 0 Å². The molecule has 0 fully saturated rings. The number of halogens is 1. The molecule has 2 N–H and O–H groups in total. The Labute approximate surface area is 99.3 Å². The van der Waals surface area contributed by atoms with Crippen molar-refractivity contribution in [1.82, 2.24) is 0 Å². The Morgan fingerprint density at radius 1 is 1.44 bits per heavy atom. The number of hydrogen-bond donors (Lipinski definition) is 3. The standard InChI is InChI=1S/C11H15FO3S/c1-15-10-6-7(12)2-3-8(10)11(14)9(13)4-5-16/h2-3,6,9,11,13-14,16H,4-5H2,1H3. The van der Waals surface area contributed by atoms with Crippen molar-refractivity contribution in [2.75, 3.05) is 12.9 Å². The average Bonchev–Trinajstić information content (AvgIpc) is 2.28. The third kappa shape index (κ3) is 3.10. The predicted molar refractivity (Wildman–Crippen MR) is 62.4 cm³/mol. The molecule has 90 valence electrons. The van der Waals surface area contributed by atoms with Crippen LogP contribution in [0.5, 0.6) is 5.75 Å². The van der Waals surface area contributed by atoms with Gasteiger partial charge < -0.3 is 14.9 Å². The summed E-state index contributed by atoms with van der Waals surface area (Å²) in [5, 5.41) is 19.4. The van der Waals surface area contributed by atoms with Crippen molar-refractivity contribution in [2.45, 2.75) is 18.6 Å². The zero-order chi connectivity index (χ0) is 12.1. The van der Waals surface area contributed by atoms with Crippen LogP contribution in [0.15, 0.2) is 18.2 Å². The molecule has 0 bridgehead atoms. The monoisotopic (exact) mass is 246 g/mol. The van der Waals surface area contributed by atoms with Crippen molar-refractivity contribution in [3.63, 3.8) is 0 Å². The molecule has 0 aliphatic rings. The number of thiol groups is 1. The van der Waals surface area contributed by atoms with Gasteiger partial charge in [0, 0.05) is 11.6 Å². The summed E-state index contributed by atoms with van der Waals surface area (Å²) in [5.41, 5.74) is 0.373. The molecule has 1 aromatic carbocycles. The first kappa shape index (κ1) is 13.3. The van der Waals surface area contributed by atoms with E-state index in [-0.39, 0.29) is 5.75 Å². The Morgan fingerprint density at radius 2 is 2.12 bits per heavy atom. The van der Waals surface area contributed by atoms with Crippen LogP contribution in [-0.4, -0.2) is 29.2 Å². The molecule has 2 unspecified atom stereocenters. The molecular formula is C11H15FO3S. The Morgan fingerprint density at radius 3 is 2.69 bits per heavy atom. The lowest BCUT2D eigenvalue weighted by Gasteiger charge is -2.19. The van der Waals surface area contributed by atoms with Gasteiger partial charge in [0.05, 0.1) is 13.2 Å². The highest BCUT2D eigenvalue weighted by Crippen LogP contribution is 2.29. The Kier molecular flexibility index (Phi) is 5.05. The van der Waals surface area contributed by atoms with E-state index in [1.54, 1.807) is 0 Å². The van der Waals surface area contributed by atoms with Gasteiger partial charge in [0.1, 0.15) is 17.7 Å². The number of benzene rings is 1. The van der Waals surface area contributed by atoms with E-state index in [0.717, 1.165) is 0 Å². The molecule has 0 radical (unpaired) electrons. The summed E-state index contributed by atoms with van der Waals surface area (Å²) in [6.07, 6.45) is -1.68. The van der Waals surface area contributed by atoms with Gasteiger partial charge in [-0.25, -0.2) is 4.39 Å². The quantitative estimate of drug-likeness (QED) is 0.691. The molecular weight excluding hydrogens is 231 g/mol. The minimum absolute atomic E-state index is 0.228. The van der Waals surface area contributed by atoms with Gasteiger partial charge in [0.25, 0.3) is 0 Å². The maximum absolute atomic E-state index is 12.9. The van der Waals surface area contributed by atoms with Crippen molar-refractivity contribution in [2.24, 2.45) is 0 Å². The molecule has 5 heteroatoms. The highest BCUT2D eigenvalue weighted by molar-refractivity contribution is 7.80. The van der Waals surface area contributed by atoms with Crippen LogP contribution in [0.25, 0.3) is 0 Å². The van der Waals surface area contributed by atoms with Gasteiger partial charge in [-0.3, -0.25) is 0 Å². The highest BCUT2D eigenvalue weighted by Gasteiger charge is 2.21. The molecule has 0 aliphatic carbocycles. The second-order valence-corrected chi connectivity index (χ2v) is 3.86. The second kappa shape index (κ2) is 6.08. The number of methoxy groups -OCH3 is 1. The zero-order valence-corrected chi connectivity index (χ0v) is 9.82. The fourth-order valence-corrected chi connectivity index (χ4v) is 1.69. The van der Waals surface area contributed by atoms with Crippen molar-refractivity contribution in [1.29, 1.82) is 0 Å². The van der Waals surface area contributed by atoms with Crippen molar-refractivity contribution in [3.05, 3.63) is 29.6 Å². The first-order valence-corrected chi connectivity index (χ1v) is 5.53. The SMILES string of the molecule is COc1cc(F)ccc1C(O)C(O)CCS. The van der Waals surface area contributed by atoms with Gasteiger partial charge in [-0.1, -0.05) is 0 Å². The minimum atomic E-state index is -1.09. The summed E-state index contributed by atoms with van der Waals surface area (Å²) in [6, 6.07) is 3.79. The van der Waals surface area contributed by atoms with Crippen LogP contribution in [0, 0.1) is 5.82 Å². The van der Waals surface area contributed by atoms with Crippen LogP contribution in [0.4, 0.5) is 4.39 Å². The van der Waals surface area contributed by atoms with Crippen LogP contribution in [0.3, 0.4) is 0 Å². The van der Waals surface area contributed by atoms with Crippen LogP contribution >= 0.6 is 12.6 Å². The fourth-order valence-electron chi connectivity index (χ4n) is 1.43. The molecule has 0 saturated heterocycles. The third-order valence-corrected chi connectivity index (χ3v) is 2.56. The molecule has 0 aliphatic heterocycles. The smallest absolute Gasteiger partial charge is 0.127 e. The summed E-state index contributed by atoms with van der Waals surface area (Å²) in [7, 11) is 1.38. The van der Waals surface area contributed by atoms with Gasteiger partial charge >= 0.3 is 0 Å². The number of aliphatic hydroxyl groups is 2. The summed E-state index contributed by atoms with van der Waals surface area (Å²) in [5.74, 6) is 0.240. The molecule has 1 aromatic rings. The first-order chi connectivity index (χ1) is 7.60. The van der Waals surface area contributed by atoms with E-state index in [4.69, 9.17) is 4.74 Å². The summed E-state index contributed by atoms with van der Waals surface area (Å²) >= 11 is 3.97. The van der Waals surface area contributed by atoms with E-state index >= 15 is 0 Å². The average molecular weight is 246 g/mol. The van der Waals surface area contributed by atoms with Gasteiger partial charge in [-0.2, -0.15) is 12.6 Å². The van der Waals surface area contributed by atoms with E-state index in [0.29, 0.717) is 17.7 Å². The number of aliphatic hydroxyl groups excluding tert-OH is 2. The second-order valence-electron chi connectivity index (χ2n) is 3.41. The molecule has 2 atom stereocenters. The van der Waals surface area contributed by atoms with Crippen LogP contribution in [-0.2, 0) is 0 Å². The van der Waals surface area contributed by atoms with Crippen LogP contribution in [0.2, 0.25) is 0 Å². The predicted octanol–water partition coefficient (Wildman–Crippen LogP) is 1.55. The van der Waals surface area contributed by atoms with E-state index in [9.17, 15) is 14.6 Å². The summed E-state index contributed by atoms with van der Waals surface area (Å²) < 4.78 is 17.9. The Balaban J connectivity index is 2.93. The number of ether oxygens (including phenoxy) is 1. The molecule has 0 aromatic heterocycles. The summed E-state index contributed by atoms with van der Waals surface area (Å²) in [4.78, 5) is 0. The fraction of sp³-hybridized carbons (Fsp3) is 0.455. The van der Waals surface area contributed by atoms with Crippen molar-refractivity contribution < 1.29 is 19.3 Å². The molecule has 0 spiro atoms. The lowest BCUT2D eigenvalue weighted by atomic mass is 10.0. The van der Waals surface area contributed by atoms with Gasteiger partial charge in [-0.05, 0) is 24.3 Å². The normalized spacial score (nSPS) is 14.6. The third-order valence-electron chi connectivity index (χ3n) is 2.30. The number of rotatable bonds is 5. The topological polar surface area (TPSA) is 49.7 Å². The molecule has 3 nitrogen and oxygen atoms in total. The van der Waals surface area contributed by atoms with E-state index in [1.165, 1.54) is 25.3 Å². The Bertz CT molecular complexity index is 346. The summed E-state index contributed by atoms with van der Waals surface area (Å²) in [6.45, 7) is 0. The number of hydrogen-bond acceptors (Lipinski definition) is 4. The van der Waals surface area contributed by atoms with E-state index in [2.05, 4.69) is 12.6 Å².